The maximum Gasteiger partial charge on any atom is 0.230 e. The number of aromatic nitrogens is 3. The van der Waals surface area contributed by atoms with E-state index in [4.69, 9.17) is 9.47 Å². The van der Waals surface area contributed by atoms with Crippen LogP contribution in [0.3, 0.4) is 0 Å². The molecule has 0 radical (unpaired) electrons. The van der Waals surface area contributed by atoms with Crippen LogP contribution < -0.4 is 0 Å². The van der Waals surface area contributed by atoms with E-state index in [2.05, 4.69) is 43.0 Å². The first-order chi connectivity index (χ1) is 14.1. The van der Waals surface area contributed by atoms with Gasteiger partial charge in [-0.15, -0.1) is 5.10 Å². The molecule has 1 N–H and O–H groups in total. The molecule has 2 aliphatic heterocycles. The van der Waals surface area contributed by atoms with E-state index in [1.165, 1.54) is 11.3 Å². The van der Waals surface area contributed by atoms with Crippen LogP contribution in [0.4, 0.5) is 0 Å². The smallest absolute Gasteiger partial charge is 0.230 e. The summed E-state index contributed by atoms with van der Waals surface area (Å²) in [5.74, 6) is 0.497. The van der Waals surface area contributed by atoms with Crippen LogP contribution in [0.2, 0.25) is 0 Å². The number of benzene rings is 1. The number of likely N-dealkylation sites (tertiary alicyclic amines) is 1. The summed E-state index contributed by atoms with van der Waals surface area (Å²) >= 11 is 5.03. The van der Waals surface area contributed by atoms with Gasteiger partial charge in [-0.2, -0.15) is 4.52 Å². The van der Waals surface area contributed by atoms with Crippen LogP contribution in [0, 0.1) is 0 Å². The predicted molar refractivity (Wildman–Crippen MR) is 113 cm³/mol. The highest BCUT2D eigenvalue weighted by Gasteiger charge is 2.42. The SMILES string of the molecule is CCc1nc2sc(C(c3ccc(Br)cc3)N3CCC4(CC3)OCCO4)c(O)n2n1. The number of fused-ring (bicyclic) bond motifs is 1. The van der Waals surface area contributed by atoms with Gasteiger partial charge in [0.1, 0.15) is 0 Å². The normalized spacial score (nSPS) is 20.6. The highest BCUT2D eigenvalue weighted by Crippen LogP contribution is 2.43. The van der Waals surface area contributed by atoms with Crippen molar-refractivity contribution in [3.8, 4) is 5.88 Å². The summed E-state index contributed by atoms with van der Waals surface area (Å²) in [6, 6.07) is 8.23. The quantitative estimate of drug-likeness (QED) is 0.615. The van der Waals surface area contributed by atoms with Crippen LogP contribution in [0.15, 0.2) is 28.7 Å². The minimum Gasteiger partial charge on any atom is -0.492 e. The molecular weight excluding hydrogens is 456 g/mol. The third-order valence-electron chi connectivity index (χ3n) is 5.73. The summed E-state index contributed by atoms with van der Waals surface area (Å²) < 4.78 is 14.4. The molecule has 0 aliphatic carbocycles. The van der Waals surface area contributed by atoms with Gasteiger partial charge >= 0.3 is 0 Å². The molecule has 4 heterocycles. The summed E-state index contributed by atoms with van der Waals surface area (Å²) in [6.45, 7) is 5.01. The number of hydrogen-bond donors (Lipinski definition) is 1. The van der Waals surface area contributed by atoms with E-state index in [0.717, 1.165) is 58.1 Å². The van der Waals surface area contributed by atoms with E-state index in [-0.39, 0.29) is 11.9 Å². The molecule has 0 amide bonds. The third kappa shape index (κ3) is 3.48. The Labute approximate surface area is 181 Å². The van der Waals surface area contributed by atoms with Crippen LogP contribution in [0.1, 0.15) is 42.1 Å². The van der Waals surface area contributed by atoms with E-state index < -0.39 is 5.79 Å². The number of aryl methyl sites for hydroxylation is 1. The largest absolute Gasteiger partial charge is 0.492 e. The molecule has 2 fully saturated rings. The zero-order chi connectivity index (χ0) is 20.0. The number of aromatic hydroxyl groups is 1. The Morgan fingerprint density at radius 3 is 2.52 bits per heavy atom. The lowest BCUT2D eigenvalue weighted by Crippen LogP contribution is -2.46. The van der Waals surface area contributed by atoms with Crippen LogP contribution in [-0.4, -0.2) is 56.7 Å². The standard InChI is InChI=1S/C20H23BrN4O3S/c1-2-15-22-19-25(23-15)18(26)17(29-19)16(13-3-5-14(21)6-4-13)24-9-7-20(8-10-24)27-11-12-28-20/h3-6,16,26H,2,7-12H2,1H3. The topological polar surface area (TPSA) is 72.1 Å². The number of halogens is 1. The van der Waals surface area contributed by atoms with Crippen molar-refractivity contribution >= 4 is 32.2 Å². The molecule has 2 aliphatic rings. The van der Waals surface area contributed by atoms with E-state index in [1.807, 2.05) is 19.1 Å². The molecule has 9 heteroatoms. The first-order valence-corrected chi connectivity index (χ1v) is 11.5. The lowest BCUT2D eigenvalue weighted by Gasteiger charge is -2.41. The van der Waals surface area contributed by atoms with Gasteiger partial charge in [-0.25, -0.2) is 4.98 Å². The molecule has 29 heavy (non-hydrogen) atoms. The Kier molecular flexibility index (Phi) is 5.11. The van der Waals surface area contributed by atoms with Gasteiger partial charge in [0.2, 0.25) is 10.8 Å². The van der Waals surface area contributed by atoms with E-state index >= 15 is 0 Å². The molecule has 1 unspecified atom stereocenters. The van der Waals surface area contributed by atoms with E-state index in [0.29, 0.717) is 13.2 Å². The third-order valence-corrected chi connectivity index (χ3v) is 7.33. The van der Waals surface area contributed by atoms with Crippen molar-refractivity contribution in [1.29, 1.82) is 0 Å². The molecule has 154 valence electrons. The van der Waals surface area contributed by atoms with Crippen LogP contribution in [0.5, 0.6) is 5.88 Å². The highest BCUT2D eigenvalue weighted by atomic mass is 79.9. The average Bonchev–Trinajstić information content (AvgIpc) is 3.43. The fourth-order valence-corrected chi connectivity index (χ4v) is 5.60. The summed E-state index contributed by atoms with van der Waals surface area (Å²) in [4.78, 5) is 8.54. The van der Waals surface area contributed by atoms with Crippen LogP contribution >= 0.6 is 27.3 Å². The molecule has 7 nitrogen and oxygen atoms in total. The zero-order valence-electron chi connectivity index (χ0n) is 16.2. The van der Waals surface area contributed by atoms with Gasteiger partial charge in [0, 0.05) is 36.8 Å². The number of hydrogen-bond acceptors (Lipinski definition) is 7. The zero-order valence-corrected chi connectivity index (χ0v) is 18.6. The van der Waals surface area contributed by atoms with Crippen molar-refractivity contribution in [3.05, 3.63) is 45.0 Å². The second-order valence-electron chi connectivity index (χ2n) is 7.46. The Balaban J connectivity index is 1.52. The fourth-order valence-electron chi connectivity index (χ4n) is 4.20. The molecule has 1 spiro atoms. The molecule has 1 atom stereocenters. The summed E-state index contributed by atoms with van der Waals surface area (Å²) in [6.07, 6.45) is 2.39. The lowest BCUT2D eigenvalue weighted by atomic mass is 9.97. The Morgan fingerprint density at radius 2 is 1.90 bits per heavy atom. The van der Waals surface area contributed by atoms with Crippen molar-refractivity contribution in [1.82, 2.24) is 19.5 Å². The maximum atomic E-state index is 11.0. The van der Waals surface area contributed by atoms with Crippen molar-refractivity contribution in [2.45, 2.75) is 38.0 Å². The van der Waals surface area contributed by atoms with Gasteiger partial charge in [0.05, 0.1) is 24.1 Å². The molecule has 0 bridgehead atoms. The molecule has 3 aromatic rings. The van der Waals surface area contributed by atoms with Crippen molar-refractivity contribution < 1.29 is 14.6 Å². The van der Waals surface area contributed by atoms with Gasteiger partial charge < -0.3 is 14.6 Å². The predicted octanol–water partition coefficient (Wildman–Crippen LogP) is 3.75. The first kappa shape index (κ1) is 19.4. The van der Waals surface area contributed by atoms with Crippen LogP contribution in [0.25, 0.3) is 4.96 Å². The van der Waals surface area contributed by atoms with Gasteiger partial charge in [-0.3, -0.25) is 4.90 Å². The molecule has 1 aromatic carbocycles. The van der Waals surface area contributed by atoms with Crippen LogP contribution in [-0.2, 0) is 15.9 Å². The van der Waals surface area contributed by atoms with Gasteiger partial charge in [0.25, 0.3) is 0 Å². The minimum atomic E-state index is -0.426. The van der Waals surface area contributed by atoms with Gasteiger partial charge in [-0.05, 0) is 17.7 Å². The number of rotatable bonds is 4. The first-order valence-electron chi connectivity index (χ1n) is 9.93. The Hall–Kier alpha value is -1.52. The monoisotopic (exact) mass is 478 g/mol. The molecule has 0 saturated carbocycles. The van der Waals surface area contributed by atoms with E-state index in [9.17, 15) is 5.11 Å². The van der Waals surface area contributed by atoms with Crippen molar-refractivity contribution in [2.24, 2.45) is 0 Å². The van der Waals surface area contributed by atoms with Gasteiger partial charge in [0.15, 0.2) is 11.6 Å². The molecule has 2 aromatic heterocycles. The Bertz CT molecular complexity index is 1000. The maximum absolute atomic E-state index is 11.0. The summed E-state index contributed by atoms with van der Waals surface area (Å²) in [5, 5.41) is 15.5. The Morgan fingerprint density at radius 1 is 1.21 bits per heavy atom. The molecule has 5 rings (SSSR count). The average molecular weight is 479 g/mol. The second-order valence-corrected chi connectivity index (χ2v) is 9.39. The summed E-state index contributed by atoms with van der Waals surface area (Å²) in [7, 11) is 0. The second kappa shape index (κ2) is 7.63. The van der Waals surface area contributed by atoms with E-state index in [1.54, 1.807) is 4.52 Å². The lowest BCUT2D eigenvalue weighted by molar-refractivity contribution is -0.187. The minimum absolute atomic E-state index is 0.0690. The van der Waals surface area contributed by atoms with Crippen molar-refractivity contribution in [2.75, 3.05) is 26.3 Å². The molecular formula is C20H23BrN4O3S. The van der Waals surface area contributed by atoms with Gasteiger partial charge in [-0.1, -0.05) is 46.3 Å². The number of piperidine rings is 1. The van der Waals surface area contributed by atoms with Crippen molar-refractivity contribution in [3.63, 3.8) is 0 Å². The number of ether oxygens (including phenoxy) is 2. The molecule has 2 saturated heterocycles. The number of thiazole rings is 1. The number of nitrogens with zero attached hydrogens (tertiary/aromatic N) is 4. The highest BCUT2D eigenvalue weighted by molar-refractivity contribution is 9.10. The summed E-state index contributed by atoms with van der Waals surface area (Å²) in [5.41, 5.74) is 1.13. The fraction of sp³-hybridized carbons (Fsp3) is 0.500.